The summed E-state index contributed by atoms with van der Waals surface area (Å²) in [6.07, 6.45) is 5.26. The van der Waals surface area contributed by atoms with E-state index in [4.69, 9.17) is 9.15 Å². The summed E-state index contributed by atoms with van der Waals surface area (Å²) in [4.78, 5) is 26.9. The molecule has 0 aliphatic carbocycles. The third-order valence-electron chi connectivity index (χ3n) is 5.37. The van der Waals surface area contributed by atoms with E-state index in [1.807, 2.05) is 41.5 Å². The number of nitrogens with one attached hydrogen (secondary N) is 1. The Morgan fingerprint density at radius 3 is 2.97 bits per heavy atom. The van der Waals surface area contributed by atoms with Crippen molar-refractivity contribution in [1.29, 1.82) is 0 Å². The number of ether oxygens (including phenoxy) is 1. The minimum atomic E-state index is -0.0467. The lowest BCUT2D eigenvalue weighted by Gasteiger charge is -2.32. The van der Waals surface area contributed by atoms with Crippen molar-refractivity contribution in [3.05, 3.63) is 53.5 Å². The van der Waals surface area contributed by atoms with Gasteiger partial charge in [0.1, 0.15) is 11.5 Å². The Bertz CT molecular complexity index is 851. The molecule has 1 N–H and O–H groups in total. The number of hydrogen-bond donors (Lipinski definition) is 1. The highest BCUT2D eigenvalue weighted by molar-refractivity contribution is 7.97. The molecule has 162 valence electrons. The van der Waals surface area contributed by atoms with Crippen LogP contribution in [0.4, 0.5) is 0 Å². The maximum absolute atomic E-state index is 12.7. The molecule has 0 saturated carbocycles. The van der Waals surface area contributed by atoms with Crippen molar-refractivity contribution < 1.29 is 18.7 Å². The van der Waals surface area contributed by atoms with Crippen LogP contribution in [0.3, 0.4) is 0 Å². The highest BCUT2D eigenvalue weighted by Crippen LogP contribution is 2.23. The third-order valence-corrected chi connectivity index (χ3v) is 5.94. The zero-order valence-corrected chi connectivity index (χ0v) is 18.5. The molecule has 3 rings (SSSR count). The van der Waals surface area contributed by atoms with Crippen LogP contribution in [0.2, 0.25) is 0 Å². The summed E-state index contributed by atoms with van der Waals surface area (Å²) in [6.45, 7) is 1.92. The predicted molar refractivity (Wildman–Crippen MR) is 119 cm³/mol. The molecule has 1 unspecified atom stereocenters. The minimum absolute atomic E-state index is 0.0361. The van der Waals surface area contributed by atoms with E-state index >= 15 is 0 Å². The first-order valence-electron chi connectivity index (χ1n) is 10.4. The van der Waals surface area contributed by atoms with E-state index in [0.29, 0.717) is 31.2 Å². The minimum Gasteiger partial charge on any atom is -0.497 e. The van der Waals surface area contributed by atoms with E-state index in [9.17, 15) is 9.59 Å². The number of likely N-dealkylation sites (tertiary alicyclic amines) is 1. The van der Waals surface area contributed by atoms with Crippen LogP contribution >= 0.6 is 11.8 Å². The second kappa shape index (κ2) is 11.1. The second-order valence-electron chi connectivity index (χ2n) is 7.63. The van der Waals surface area contributed by atoms with Crippen LogP contribution in [0.1, 0.15) is 47.6 Å². The number of methoxy groups -OCH3 is 1. The van der Waals surface area contributed by atoms with Gasteiger partial charge < -0.3 is 19.4 Å². The van der Waals surface area contributed by atoms with Gasteiger partial charge in [-0.25, -0.2) is 0 Å². The number of thioether (sulfide) groups is 1. The van der Waals surface area contributed by atoms with Crippen LogP contribution in [-0.4, -0.2) is 43.2 Å². The lowest BCUT2D eigenvalue weighted by Crippen LogP contribution is -2.40. The lowest BCUT2D eigenvalue weighted by molar-refractivity contribution is -0.121. The summed E-state index contributed by atoms with van der Waals surface area (Å²) in [7, 11) is 1.63. The van der Waals surface area contributed by atoms with E-state index in [0.717, 1.165) is 48.6 Å². The topological polar surface area (TPSA) is 71.8 Å². The Hall–Kier alpha value is -2.41. The highest BCUT2D eigenvalue weighted by Gasteiger charge is 2.26. The summed E-state index contributed by atoms with van der Waals surface area (Å²) in [5, 5.41) is 2.97. The van der Waals surface area contributed by atoms with Crippen molar-refractivity contribution in [1.82, 2.24) is 10.2 Å². The molecule has 1 saturated heterocycles. The SMILES string of the molecule is COc1cccc(CNC(=O)CCC2CCCN(C(=O)c3ccc(CSC)o3)C2)c1. The largest absolute Gasteiger partial charge is 0.497 e. The number of carbonyl (C=O) groups is 2. The molecule has 2 aromatic rings. The van der Waals surface area contributed by atoms with Crippen LogP contribution in [0, 0.1) is 5.92 Å². The predicted octanol–water partition coefficient (Wildman–Crippen LogP) is 4.10. The fourth-order valence-corrected chi connectivity index (χ4v) is 4.20. The van der Waals surface area contributed by atoms with Crippen LogP contribution in [0.15, 0.2) is 40.8 Å². The smallest absolute Gasteiger partial charge is 0.289 e. The molecule has 0 spiro atoms. The number of rotatable bonds is 9. The molecular weight excluding hydrogens is 400 g/mol. The van der Waals surface area contributed by atoms with Crippen LogP contribution < -0.4 is 10.1 Å². The first-order chi connectivity index (χ1) is 14.6. The Labute approximate surface area is 182 Å². The standard InChI is InChI=1S/C23H30N2O4S/c1-28-19-7-3-5-18(13-19)14-24-22(26)11-8-17-6-4-12-25(15-17)23(27)21-10-9-20(29-21)16-30-2/h3,5,7,9-10,13,17H,4,6,8,11-12,14-16H2,1-2H3,(H,24,26). The Morgan fingerprint density at radius 2 is 2.17 bits per heavy atom. The van der Waals surface area contributed by atoms with Gasteiger partial charge in [-0.05, 0) is 61.3 Å². The quantitative estimate of drug-likeness (QED) is 0.648. The van der Waals surface area contributed by atoms with E-state index in [1.54, 1.807) is 24.9 Å². The molecule has 1 aromatic heterocycles. The first kappa shape index (κ1) is 22.3. The molecule has 7 heteroatoms. The van der Waals surface area contributed by atoms with Gasteiger partial charge in [-0.15, -0.1) is 0 Å². The molecule has 2 amide bonds. The molecule has 30 heavy (non-hydrogen) atoms. The first-order valence-corrected chi connectivity index (χ1v) is 11.7. The number of nitrogens with zero attached hydrogens (tertiary/aromatic N) is 1. The fraction of sp³-hybridized carbons (Fsp3) is 0.478. The van der Waals surface area contributed by atoms with Crippen molar-refractivity contribution in [3.8, 4) is 5.75 Å². The van der Waals surface area contributed by atoms with Gasteiger partial charge in [0.15, 0.2) is 5.76 Å². The molecule has 1 atom stereocenters. The number of piperidine rings is 1. The summed E-state index contributed by atoms with van der Waals surface area (Å²) < 4.78 is 10.9. The molecule has 1 aliphatic rings. The average molecular weight is 431 g/mol. The zero-order chi connectivity index (χ0) is 21.3. The van der Waals surface area contributed by atoms with Crippen LogP contribution in [0.5, 0.6) is 5.75 Å². The van der Waals surface area contributed by atoms with E-state index in [2.05, 4.69) is 5.32 Å². The third kappa shape index (κ3) is 6.29. The van der Waals surface area contributed by atoms with E-state index in [1.165, 1.54) is 0 Å². The highest BCUT2D eigenvalue weighted by atomic mass is 32.2. The zero-order valence-electron chi connectivity index (χ0n) is 17.7. The molecule has 1 aliphatic heterocycles. The summed E-state index contributed by atoms with van der Waals surface area (Å²) in [5.41, 5.74) is 1.01. The van der Waals surface area contributed by atoms with Gasteiger partial charge in [0, 0.05) is 26.1 Å². The fourth-order valence-electron chi connectivity index (χ4n) is 3.76. The second-order valence-corrected chi connectivity index (χ2v) is 8.49. The van der Waals surface area contributed by atoms with Gasteiger partial charge >= 0.3 is 0 Å². The van der Waals surface area contributed by atoms with Gasteiger partial charge in [-0.2, -0.15) is 11.8 Å². The molecule has 1 aromatic carbocycles. The Morgan fingerprint density at radius 1 is 1.30 bits per heavy atom. The maximum Gasteiger partial charge on any atom is 0.289 e. The maximum atomic E-state index is 12.7. The molecule has 0 radical (unpaired) electrons. The molecule has 6 nitrogen and oxygen atoms in total. The number of benzene rings is 1. The van der Waals surface area contributed by atoms with E-state index in [-0.39, 0.29) is 11.8 Å². The number of hydrogen-bond acceptors (Lipinski definition) is 5. The Balaban J connectivity index is 1.43. The van der Waals surface area contributed by atoms with Gasteiger partial charge in [-0.1, -0.05) is 12.1 Å². The van der Waals surface area contributed by atoms with Crippen LogP contribution in [-0.2, 0) is 17.1 Å². The Kier molecular flexibility index (Phi) is 8.25. The molecule has 1 fully saturated rings. The monoisotopic (exact) mass is 430 g/mol. The number of amides is 2. The van der Waals surface area contributed by atoms with Gasteiger partial charge in [0.25, 0.3) is 5.91 Å². The summed E-state index contributed by atoms with van der Waals surface area (Å²) in [5.74, 6) is 3.11. The van der Waals surface area contributed by atoms with Gasteiger partial charge in [0.05, 0.1) is 12.9 Å². The van der Waals surface area contributed by atoms with Crippen molar-refractivity contribution in [3.63, 3.8) is 0 Å². The van der Waals surface area contributed by atoms with Crippen molar-refractivity contribution in [2.45, 2.75) is 38.0 Å². The van der Waals surface area contributed by atoms with Gasteiger partial charge in [0.2, 0.25) is 5.91 Å². The van der Waals surface area contributed by atoms with Crippen molar-refractivity contribution in [2.24, 2.45) is 5.92 Å². The van der Waals surface area contributed by atoms with Crippen molar-refractivity contribution in [2.75, 3.05) is 26.5 Å². The van der Waals surface area contributed by atoms with Crippen molar-refractivity contribution >= 4 is 23.6 Å². The average Bonchev–Trinajstić information content (AvgIpc) is 3.25. The molecule has 2 heterocycles. The number of furan rings is 1. The van der Waals surface area contributed by atoms with E-state index < -0.39 is 0 Å². The van der Waals surface area contributed by atoms with Gasteiger partial charge in [-0.3, -0.25) is 9.59 Å². The number of carbonyl (C=O) groups excluding carboxylic acids is 2. The molecule has 0 bridgehead atoms. The lowest BCUT2D eigenvalue weighted by atomic mass is 9.93. The summed E-state index contributed by atoms with van der Waals surface area (Å²) >= 11 is 1.67. The molecular formula is C23H30N2O4S. The normalized spacial score (nSPS) is 16.3. The summed E-state index contributed by atoms with van der Waals surface area (Å²) in [6, 6.07) is 11.3. The van der Waals surface area contributed by atoms with Crippen LogP contribution in [0.25, 0.3) is 0 Å².